The molecule has 4 rings (SSSR count). The molecule has 4 heteroatoms. The molecule has 0 aliphatic heterocycles. The number of halogens is 4. The van der Waals surface area contributed by atoms with E-state index in [1.165, 1.54) is 44.6 Å². The van der Waals surface area contributed by atoms with Crippen molar-refractivity contribution in [1.29, 1.82) is 0 Å². The van der Waals surface area contributed by atoms with Gasteiger partial charge in [0.1, 0.15) is 5.82 Å². The van der Waals surface area contributed by atoms with E-state index >= 15 is 0 Å². The summed E-state index contributed by atoms with van der Waals surface area (Å²) < 4.78 is 55.6. The van der Waals surface area contributed by atoms with Gasteiger partial charge in [-0.3, -0.25) is 0 Å². The molecule has 0 aromatic heterocycles. The summed E-state index contributed by atoms with van der Waals surface area (Å²) in [5, 5.41) is -0.343. The van der Waals surface area contributed by atoms with E-state index in [1.807, 2.05) is 0 Å². The largest absolute Gasteiger partial charge is 0.206 e. The predicted octanol–water partition coefficient (Wildman–Crippen LogP) is 7.89. The van der Waals surface area contributed by atoms with Gasteiger partial charge in [-0.2, -0.15) is 0 Å². The second-order valence-electron chi connectivity index (χ2n) is 8.94. The summed E-state index contributed by atoms with van der Waals surface area (Å²) in [7, 11) is 0. The summed E-state index contributed by atoms with van der Waals surface area (Å²) >= 11 is 0. The van der Waals surface area contributed by atoms with Crippen LogP contribution in [0.3, 0.4) is 0 Å². The Morgan fingerprint density at radius 1 is 0.821 bits per heavy atom. The maximum absolute atomic E-state index is 14.5. The number of benzene rings is 2. The van der Waals surface area contributed by atoms with Crippen LogP contribution >= 0.6 is 0 Å². The third-order valence-corrected chi connectivity index (χ3v) is 7.21. The summed E-state index contributed by atoms with van der Waals surface area (Å²) in [6.45, 7) is 2.24. The van der Waals surface area contributed by atoms with Crippen molar-refractivity contribution in [3.63, 3.8) is 0 Å². The summed E-state index contributed by atoms with van der Waals surface area (Å²) in [6, 6.07) is 3.90. The molecular weight excluding hydrogens is 364 g/mol. The van der Waals surface area contributed by atoms with E-state index in [2.05, 4.69) is 6.92 Å². The number of hydrogen-bond acceptors (Lipinski definition) is 0. The van der Waals surface area contributed by atoms with Crippen molar-refractivity contribution in [2.75, 3.05) is 0 Å². The second-order valence-corrected chi connectivity index (χ2v) is 8.94. The Hall–Kier alpha value is -1.58. The van der Waals surface area contributed by atoms with Gasteiger partial charge in [0, 0.05) is 0 Å². The lowest BCUT2D eigenvalue weighted by Crippen LogP contribution is -2.30. The van der Waals surface area contributed by atoms with E-state index in [1.54, 1.807) is 6.07 Å². The van der Waals surface area contributed by atoms with E-state index in [4.69, 9.17) is 0 Å². The second kappa shape index (κ2) is 8.04. The van der Waals surface area contributed by atoms with Crippen LogP contribution < -0.4 is 0 Å². The van der Waals surface area contributed by atoms with E-state index in [0.717, 1.165) is 42.7 Å². The molecule has 0 radical (unpaired) electrons. The molecule has 2 fully saturated rings. The molecule has 4 atom stereocenters. The maximum Gasteiger partial charge on any atom is 0.195 e. The topological polar surface area (TPSA) is 0 Å². The fourth-order valence-electron chi connectivity index (χ4n) is 5.69. The van der Waals surface area contributed by atoms with E-state index in [0.29, 0.717) is 5.92 Å². The summed E-state index contributed by atoms with van der Waals surface area (Å²) in [5.74, 6) is -2.61. The third-order valence-electron chi connectivity index (χ3n) is 7.21. The van der Waals surface area contributed by atoms with Gasteiger partial charge in [-0.25, -0.2) is 17.6 Å². The Morgan fingerprint density at radius 3 is 2.36 bits per heavy atom. The Balaban J connectivity index is 1.53. The van der Waals surface area contributed by atoms with Crippen LogP contribution in [-0.2, 0) is 0 Å². The van der Waals surface area contributed by atoms with Gasteiger partial charge < -0.3 is 0 Å². The molecule has 0 heterocycles. The maximum atomic E-state index is 14.5. The molecule has 0 N–H and O–H groups in total. The molecule has 0 spiro atoms. The van der Waals surface area contributed by atoms with Crippen molar-refractivity contribution in [3.05, 3.63) is 47.0 Å². The number of rotatable bonds is 4. The molecular formula is C24H28F4. The minimum atomic E-state index is -1.61. The molecule has 0 nitrogen and oxygen atoms in total. The van der Waals surface area contributed by atoms with Crippen LogP contribution in [0.4, 0.5) is 17.6 Å². The van der Waals surface area contributed by atoms with Gasteiger partial charge in [0.25, 0.3) is 0 Å². The summed E-state index contributed by atoms with van der Waals surface area (Å²) in [5.41, 5.74) is 0.793. The predicted molar refractivity (Wildman–Crippen MR) is 104 cm³/mol. The molecule has 2 aliphatic carbocycles. The van der Waals surface area contributed by atoms with E-state index < -0.39 is 28.7 Å². The van der Waals surface area contributed by atoms with Gasteiger partial charge in [-0.1, -0.05) is 38.7 Å². The van der Waals surface area contributed by atoms with Gasteiger partial charge in [0.05, 0.1) is 5.39 Å². The Labute approximate surface area is 164 Å². The highest BCUT2D eigenvalue weighted by Gasteiger charge is 2.36. The lowest BCUT2D eigenvalue weighted by molar-refractivity contribution is 0.113. The number of hydrogen-bond donors (Lipinski definition) is 0. The monoisotopic (exact) mass is 392 g/mol. The van der Waals surface area contributed by atoms with Gasteiger partial charge in [0.15, 0.2) is 17.5 Å². The fourth-order valence-corrected chi connectivity index (χ4v) is 5.69. The molecule has 2 aliphatic rings. The van der Waals surface area contributed by atoms with Crippen LogP contribution in [-0.4, -0.2) is 0 Å². The molecule has 2 aromatic carbocycles. The Bertz CT molecular complexity index is 860. The average molecular weight is 392 g/mol. The highest BCUT2D eigenvalue weighted by Crippen LogP contribution is 2.48. The SMILES string of the molecule is CCCC[C@@H]1CC[C@@H]2CC(c3cc(F)c4c(F)c(F)c(F)cc4c3)CCC2C1. The van der Waals surface area contributed by atoms with Gasteiger partial charge in [0.2, 0.25) is 0 Å². The highest BCUT2D eigenvalue weighted by atomic mass is 19.2. The first-order valence-electron chi connectivity index (χ1n) is 10.7. The molecule has 2 aromatic rings. The molecule has 0 amide bonds. The first-order chi connectivity index (χ1) is 13.5. The molecule has 2 saturated carbocycles. The van der Waals surface area contributed by atoms with Crippen molar-refractivity contribution in [2.24, 2.45) is 17.8 Å². The van der Waals surface area contributed by atoms with E-state index in [9.17, 15) is 17.6 Å². The fraction of sp³-hybridized carbons (Fsp3) is 0.583. The molecule has 0 saturated heterocycles. The minimum absolute atomic E-state index is 0.108. The smallest absolute Gasteiger partial charge is 0.195 e. The van der Waals surface area contributed by atoms with Crippen molar-refractivity contribution < 1.29 is 17.6 Å². The van der Waals surface area contributed by atoms with Gasteiger partial charge in [-0.05, 0) is 78.9 Å². The first-order valence-corrected chi connectivity index (χ1v) is 10.7. The number of unbranched alkanes of at least 4 members (excludes halogenated alkanes) is 1. The van der Waals surface area contributed by atoms with Gasteiger partial charge >= 0.3 is 0 Å². The van der Waals surface area contributed by atoms with Crippen molar-refractivity contribution in [1.82, 2.24) is 0 Å². The van der Waals surface area contributed by atoms with Crippen molar-refractivity contribution in [2.45, 2.75) is 70.6 Å². The van der Waals surface area contributed by atoms with Crippen LogP contribution in [0, 0.1) is 41.0 Å². The molecule has 28 heavy (non-hydrogen) atoms. The normalized spacial score (nSPS) is 27.8. The summed E-state index contributed by atoms with van der Waals surface area (Å²) in [6.07, 6.45) is 10.9. The Kier molecular flexibility index (Phi) is 5.66. The minimum Gasteiger partial charge on any atom is -0.206 e. The zero-order valence-electron chi connectivity index (χ0n) is 16.4. The Morgan fingerprint density at radius 2 is 1.57 bits per heavy atom. The van der Waals surface area contributed by atoms with Crippen LogP contribution in [0.5, 0.6) is 0 Å². The van der Waals surface area contributed by atoms with Crippen molar-refractivity contribution in [3.8, 4) is 0 Å². The quantitative estimate of drug-likeness (QED) is 0.367. The zero-order chi connectivity index (χ0) is 19.8. The average Bonchev–Trinajstić information content (AvgIpc) is 2.69. The molecule has 152 valence electrons. The molecule has 2 unspecified atom stereocenters. The van der Waals surface area contributed by atoms with E-state index in [-0.39, 0.29) is 11.3 Å². The standard InChI is InChI=1S/C24H28F4/c1-2-3-4-14-5-6-16-10-17(8-7-15(16)9-14)18-11-19-13-21(26)23(27)24(28)22(19)20(25)12-18/h11-17H,2-10H2,1H3/t14-,15?,16-,17?/m1/s1. The lowest BCUT2D eigenvalue weighted by atomic mass is 9.63. The molecule has 0 bridgehead atoms. The van der Waals surface area contributed by atoms with Crippen LogP contribution in [0.25, 0.3) is 10.8 Å². The summed E-state index contributed by atoms with van der Waals surface area (Å²) in [4.78, 5) is 0. The first kappa shape index (κ1) is 19.7. The number of fused-ring (bicyclic) bond motifs is 2. The lowest BCUT2D eigenvalue weighted by Gasteiger charge is -2.42. The highest BCUT2D eigenvalue weighted by molar-refractivity contribution is 5.84. The third kappa shape index (κ3) is 3.67. The van der Waals surface area contributed by atoms with Crippen LogP contribution in [0.15, 0.2) is 18.2 Å². The van der Waals surface area contributed by atoms with Crippen molar-refractivity contribution >= 4 is 10.8 Å². The van der Waals surface area contributed by atoms with Crippen LogP contribution in [0.2, 0.25) is 0 Å². The van der Waals surface area contributed by atoms with Crippen LogP contribution in [0.1, 0.15) is 76.2 Å². The van der Waals surface area contributed by atoms with Gasteiger partial charge in [-0.15, -0.1) is 0 Å². The zero-order valence-corrected chi connectivity index (χ0v) is 16.4.